The quantitative estimate of drug-likeness (QED) is 0.782. The number of nitrogens with two attached hydrogens (primary N) is 1. The highest BCUT2D eigenvalue weighted by Crippen LogP contribution is 2.07. The topological polar surface area (TPSA) is 52.8 Å². The molecule has 1 aromatic carbocycles. The minimum absolute atomic E-state index is 0.123. The molecule has 1 saturated heterocycles. The zero-order chi connectivity index (χ0) is 17.4. The zero-order valence-electron chi connectivity index (χ0n) is 15.2. The molecule has 24 heavy (non-hydrogen) atoms. The van der Waals surface area contributed by atoms with Gasteiger partial charge in [0.05, 0.1) is 6.04 Å². The molecule has 1 aliphatic rings. The van der Waals surface area contributed by atoms with Gasteiger partial charge < -0.3 is 15.5 Å². The normalized spacial score (nSPS) is 17.2. The molecule has 1 unspecified atom stereocenters. The summed E-state index contributed by atoms with van der Waals surface area (Å²) in [5, 5.41) is 0. The Bertz CT molecular complexity index is 485. The van der Waals surface area contributed by atoms with Crippen LogP contribution < -0.4 is 5.73 Å². The Morgan fingerprint density at radius 3 is 2.50 bits per heavy atom. The minimum Gasteiger partial charge on any atom is -0.339 e. The first-order chi connectivity index (χ1) is 11.6. The summed E-state index contributed by atoms with van der Waals surface area (Å²) < 4.78 is 0. The van der Waals surface area contributed by atoms with Gasteiger partial charge >= 0.3 is 0 Å². The lowest BCUT2D eigenvalue weighted by molar-refractivity contribution is -0.134. The van der Waals surface area contributed by atoms with Gasteiger partial charge in [0, 0.05) is 45.8 Å². The van der Waals surface area contributed by atoms with Gasteiger partial charge in [-0.05, 0) is 19.0 Å². The summed E-state index contributed by atoms with van der Waals surface area (Å²) in [5.74, 6) is 0.123. The van der Waals surface area contributed by atoms with Gasteiger partial charge in [-0.2, -0.15) is 0 Å². The van der Waals surface area contributed by atoms with E-state index in [1.165, 1.54) is 5.56 Å². The maximum absolute atomic E-state index is 12.2. The van der Waals surface area contributed by atoms with Gasteiger partial charge in [-0.1, -0.05) is 43.7 Å². The van der Waals surface area contributed by atoms with Crippen LogP contribution in [0, 0.1) is 0 Å². The summed E-state index contributed by atoms with van der Waals surface area (Å²) in [4.78, 5) is 19.0. The molecule has 1 amide bonds. The van der Waals surface area contributed by atoms with Crippen molar-refractivity contribution in [1.82, 2.24) is 14.7 Å². The van der Waals surface area contributed by atoms with Crippen molar-refractivity contribution in [3.8, 4) is 0 Å². The van der Waals surface area contributed by atoms with Crippen LogP contribution in [0.25, 0.3) is 0 Å². The van der Waals surface area contributed by atoms with Crippen LogP contribution in [0.3, 0.4) is 0 Å². The maximum atomic E-state index is 12.2. The van der Waals surface area contributed by atoms with Gasteiger partial charge in [-0.3, -0.25) is 9.69 Å². The van der Waals surface area contributed by atoms with E-state index in [-0.39, 0.29) is 11.9 Å². The fourth-order valence-electron chi connectivity index (χ4n) is 3.15. The van der Waals surface area contributed by atoms with Crippen molar-refractivity contribution in [2.45, 2.75) is 32.4 Å². The number of piperazine rings is 1. The number of benzene rings is 1. The van der Waals surface area contributed by atoms with Gasteiger partial charge in [-0.25, -0.2) is 0 Å². The molecule has 5 heteroatoms. The first-order valence-corrected chi connectivity index (χ1v) is 9.09. The predicted molar refractivity (Wildman–Crippen MR) is 98.7 cm³/mol. The highest BCUT2D eigenvalue weighted by Gasteiger charge is 2.24. The number of hydrogen-bond acceptors (Lipinski definition) is 4. The number of likely N-dealkylation sites (N-methyl/N-ethyl adjacent to an activating group) is 1. The third kappa shape index (κ3) is 5.89. The lowest BCUT2D eigenvalue weighted by Crippen LogP contribution is -2.53. The molecular weight excluding hydrogens is 300 g/mol. The molecule has 1 heterocycles. The highest BCUT2D eigenvalue weighted by atomic mass is 16.2. The van der Waals surface area contributed by atoms with E-state index in [1.807, 2.05) is 4.90 Å². The van der Waals surface area contributed by atoms with E-state index in [1.54, 1.807) is 0 Å². The van der Waals surface area contributed by atoms with Crippen molar-refractivity contribution in [2.24, 2.45) is 5.73 Å². The van der Waals surface area contributed by atoms with Crippen molar-refractivity contribution in [1.29, 1.82) is 0 Å². The molecule has 0 spiro atoms. The molecule has 1 aromatic rings. The Balaban J connectivity index is 1.67. The van der Waals surface area contributed by atoms with E-state index in [4.69, 9.17) is 5.73 Å². The summed E-state index contributed by atoms with van der Waals surface area (Å²) in [6.45, 7) is 8.64. The van der Waals surface area contributed by atoms with Crippen LogP contribution in [0.1, 0.15) is 25.3 Å². The van der Waals surface area contributed by atoms with E-state index < -0.39 is 0 Å². The Kier molecular flexibility index (Phi) is 7.69. The summed E-state index contributed by atoms with van der Waals surface area (Å²) in [5.41, 5.74) is 7.30. The maximum Gasteiger partial charge on any atom is 0.239 e. The molecule has 0 bridgehead atoms. The number of hydrogen-bond donors (Lipinski definition) is 1. The average Bonchev–Trinajstić information content (AvgIpc) is 2.61. The SMILES string of the molecule is CCCC(N)C(=O)N1CCN(CCN(C)Cc2ccccc2)CC1. The van der Waals surface area contributed by atoms with Gasteiger partial charge in [0.2, 0.25) is 5.91 Å². The van der Waals surface area contributed by atoms with Gasteiger partial charge in [0.1, 0.15) is 0 Å². The number of amides is 1. The van der Waals surface area contributed by atoms with Crippen LogP contribution in [0.2, 0.25) is 0 Å². The summed E-state index contributed by atoms with van der Waals surface area (Å²) in [6.07, 6.45) is 1.74. The van der Waals surface area contributed by atoms with Crippen LogP contribution in [0.15, 0.2) is 30.3 Å². The molecule has 0 radical (unpaired) electrons. The van der Waals surface area contributed by atoms with Crippen LogP contribution in [-0.4, -0.2) is 73.0 Å². The number of rotatable bonds is 8. The van der Waals surface area contributed by atoms with Crippen molar-refractivity contribution in [3.05, 3.63) is 35.9 Å². The second-order valence-electron chi connectivity index (χ2n) is 6.79. The molecule has 2 N–H and O–H groups in total. The van der Waals surface area contributed by atoms with E-state index in [2.05, 4.69) is 54.1 Å². The molecule has 1 aliphatic heterocycles. The Labute approximate surface area is 146 Å². The minimum atomic E-state index is -0.321. The lowest BCUT2D eigenvalue weighted by Gasteiger charge is -2.36. The van der Waals surface area contributed by atoms with Crippen LogP contribution in [-0.2, 0) is 11.3 Å². The summed E-state index contributed by atoms with van der Waals surface area (Å²) in [6, 6.07) is 10.2. The van der Waals surface area contributed by atoms with Crippen molar-refractivity contribution in [2.75, 3.05) is 46.3 Å². The van der Waals surface area contributed by atoms with E-state index in [0.717, 1.165) is 58.7 Å². The average molecular weight is 332 g/mol. The Morgan fingerprint density at radius 2 is 1.88 bits per heavy atom. The lowest BCUT2D eigenvalue weighted by atomic mass is 10.1. The second-order valence-corrected chi connectivity index (χ2v) is 6.79. The summed E-state index contributed by atoms with van der Waals surface area (Å²) >= 11 is 0. The summed E-state index contributed by atoms with van der Waals surface area (Å²) in [7, 11) is 2.16. The molecule has 0 saturated carbocycles. The Hall–Kier alpha value is -1.43. The molecular formula is C19H32N4O. The molecule has 2 rings (SSSR count). The smallest absolute Gasteiger partial charge is 0.239 e. The largest absolute Gasteiger partial charge is 0.339 e. The van der Waals surface area contributed by atoms with Gasteiger partial charge in [0.25, 0.3) is 0 Å². The van der Waals surface area contributed by atoms with Gasteiger partial charge in [-0.15, -0.1) is 0 Å². The van der Waals surface area contributed by atoms with Crippen molar-refractivity contribution < 1.29 is 4.79 Å². The Morgan fingerprint density at radius 1 is 1.21 bits per heavy atom. The standard InChI is InChI=1S/C19H32N4O/c1-3-7-18(20)19(24)23-14-12-22(13-15-23)11-10-21(2)16-17-8-5-4-6-9-17/h4-6,8-9,18H,3,7,10-16,20H2,1-2H3. The van der Waals surface area contributed by atoms with Crippen LogP contribution in [0.4, 0.5) is 0 Å². The number of carbonyl (C=O) groups excluding carboxylic acids is 1. The van der Waals surface area contributed by atoms with E-state index in [0.29, 0.717) is 0 Å². The molecule has 0 aromatic heterocycles. The first-order valence-electron chi connectivity index (χ1n) is 9.09. The third-order valence-corrected chi connectivity index (χ3v) is 4.69. The molecule has 134 valence electrons. The van der Waals surface area contributed by atoms with Gasteiger partial charge in [0.15, 0.2) is 0 Å². The number of carbonyl (C=O) groups is 1. The monoisotopic (exact) mass is 332 g/mol. The molecule has 1 atom stereocenters. The van der Waals surface area contributed by atoms with Crippen LogP contribution in [0.5, 0.6) is 0 Å². The number of nitrogens with zero attached hydrogens (tertiary/aromatic N) is 3. The third-order valence-electron chi connectivity index (χ3n) is 4.69. The fraction of sp³-hybridized carbons (Fsp3) is 0.632. The van der Waals surface area contributed by atoms with E-state index in [9.17, 15) is 4.79 Å². The van der Waals surface area contributed by atoms with E-state index >= 15 is 0 Å². The van der Waals surface area contributed by atoms with Crippen molar-refractivity contribution >= 4 is 5.91 Å². The highest BCUT2D eigenvalue weighted by molar-refractivity contribution is 5.81. The fourth-order valence-corrected chi connectivity index (χ4v) is 3.15. The zero-order valence-corrected chi connectivity index (χ0v) is 15.2. The van der Waals surface area contributed by atoms with Crippen LogP contribution >= 0.6 is 0 Å². The molecule has 5 nitrogen and oxygen atoms in total. The predicted octanol–water partition coefficient (Wildman–Crippen LogP) is 1.39. The first kappa shape index (κ1) is 18.9. The molecule has 1 fully saturated rings. The van der Waals surface area contributed by atoms with Crippen molar-refractivity contribution in [3.63, 3.8) is 0 Å². The molecule has 0 aliphatic carbocycles. The second kappa shape index (κ2) is 9.77.